The summed E-state index contributed by atoms with van der Waals surface area (Å²) in [6.07, 6.45) is 4.87. The van der Waals surface area contributed by atoms with Gasteiger partial charge in [-0.05, 0) is 50.5 Å². The summed E-state index contributed by atoms with van der Waals surface area (Å²) in [5.41, 5.74) is 1.56. The van der Waals surface area contributed by atoms with Crippen molar-refractivity contribution in [3.8, 4) is 11.1 Å². The molecule has 0 aliphatic heterocycles. The van der Waals surface area contributed by atoms with E-state index in [1.54, 1.807) is 32.2 Å². The monoisotopic (exact) mass is 433 g/mol. The molecule has 0 spiro atoms. The van der Waals surface area contributed by atoms with Gasteiger partial charge in [-0.2, -0.15) is 0 Å². The fourth-order valence-corrected chi connectivity index (χ4v) is 4.20. The molecule has 1 aliphatic carbocycles. The van der Waals surface area contributed by atoms with Gasteiger partial charge in [-0.25, -0.2) is 14.2 Å². The Morgan fingerprint density at radius 3 is 2.78 bits per heavy atom. The number of halogens is 1. The number of rotatable bonds is 4. The van der Waals surface area contributed by atoms with Crippen LogP contribution in [0.2, 0.25) is 0 Å². The first-order valence-electron chi connectivity index (χ1n) is 10.4. The molecule has 0 radical (unpaired) electrons. The van der Waals surface area contributed by atoms with Gasteiger partial charge in [-0.15, -0.1) is 0 Å². The average molecular weight is 433 g/mol. The summed E-state index contributed by atoms with van der Waals surface area (Å²) in [6.45, 7) is 3.58. The van der Waals surface area contributed by atoms with Gasteiger partial charge in [0, 0.05) is 46.4 Å². The summed E-state index contributed by atoms with van der Waals surface area (Å²) >= 11 is 0. The Morgan fingerprint density at radius 1 is 1.28 bits per heavy atom. The van der Waals surface area contributed by atoms with E-state index in [1.807, 2.05) is 4.57 Å². The van der Waals surface area contributed by atoms with Gasteiger partial charge < -0.3 is 14.3 Å². The zero-order chi connectivity index (χ0) is 22.6. The van der Waals surface area contributed by atoms with Crippen molar-refractivity contribution in [2.75, 3.05) is 6.61 Å². The first-order valence-corrected chi connectivity index (χ1v) is 10.4. The van der Waals surface area contributed by atoms with E-state index in [-0.39, 0.29) is 29.2 Å². The average Bonchev–Trinajstić information content (AvgIpc) is 3.60. The SMILES string of the molecule is CCOC(=O)c1cn(C2CC2)c2c(C)c(-c3cnc4[nH]c(=O)ccc4c3)c(F)cc2c1=O. The lowest BCUT2D eigenvalue weighted by Gasteiger charge is -2.18. The van der Waals surface area contributed by atoms with Crippen molar-refractivity contribution in [2.24, 2.45) is 0 Å². The minimum atomic E-state index is -0.705. The van der Waals surface area contributed by atoms with Gasteiger partial charge in [-0.1, -0.05) is 0 Å². The molecule has 1 N–H and O–H groups in total. The number of aryl methyl sites for hydroxylation is 1. The van der Waals surface area contributed by atoms with Crippen LogP contribution in [-0.2, 0) is 4.74 Å². The minimum absolute atomic E-state index is 0.0888. The highest BCUT2D eigenvalue weighted by molar-refractivity contribution is 5.97. The molecule has 0 unspecified atom stereocenters. The fraction of sp³-hybridized carbons (Fsp3) is 0.250. The molecular weight excluding hydrogens is 413 g/mol. The maximum atomic E-state index is 15.4. The number of nitrogens with zero attached hydrogens (tertiary/aromatic N) is 2. The first kappa shape index (κ1) is 20.1. The van der Waals surface area contributed by atoms with E-state index < -0.39 is 17.2 Å². The fourth-order valence-electron chi connectivity index (χ4n) is 4.20. The van der Waals surface area contributed by atoms with Crippen LogP contribution in [0.3, 0.4) is 0 Å². The van der Waals surface area contributed by atoms with Crippen LogP contribution in [0.15, 0.2) is 46.2 Å². The van der Waals surface area contributed by atoms with E-state index in [2.05, 4.69) is 9.97 Å². The van der Waals surface area contributed by atoms with Crippen LogP contribution in [-0.4, -0.2) is 27.1 Å². The summed E-state index contributed by atoms with van der Waals surface area (Å²) in [4.78, 5) is 43.9. The lowest BCUT2D eigenvalue weighted by atomic mass is 9.96. The molecule has 1 aromatic carbocycles. The molecule has 1 saturated carbocycles. The summed E-state index contributed by atoms with van der Waals surface area (Å²) < 4.78 is 22.3. The van der Waals surface area contributed by atoms with Crippen molar-refractivity contribution in [1.29, 1.82) is 0 Å². The highest BCUT2D eigenvalue weighted by Crippen LogP contribution is 2.40. The van der Waals surface area contributed by atoms with Gasteiger partial charge in [0.15, 0.2) is 0 Å². The van der Waals surface area contributed by atoms with Crippen LogP contribution in [0.25, 0.3) is 33.1 Å². The van der Waals surface area contributed by atoms with E-state index >= 15 is 4.39 Å². The Bertz CT molecular complexity index is 1530. The van der Waals surface area contributed by atoms with Crippen molar-refractivity contribution in [3.05, 3.63) is 74.2 Å². The van der Waals surface area contributed by atoms with Gasteiger partial charge in [0.05, 0.1) is 12.1 Å². The molecule has 0 bridgehead atoms. The number of benzene rings is 1. The molecule has 3 aromatic heterocycles. The number of fused-ring (bicyclic) bond motifs is 2. The Kier molecular flexibility index (Phi) is 4.65. The van der Waals surface area contributed by atoms with E-state index in [1.165, 1.54) is 18.3 Å². The Labute approximate surface area is 181 Å². The molecule has 7 nitrogen and oxygen atoms in total. The zero-order valence-electron chi connectivity index (χ0n) is 17.6. The largest absolute Gasteiger partial charge is 0.462 e. The second-order valence-corrected chi connectivity index (χ2v) is 7.97. The molecule has 1 aliphatic rings. The predicted octanol–water partition coefficient (Wildman–Crippen LogP) is 3.86. The second kappa shape index (κ2) is 7.40. The number of esters is 1. The normalized spacial score (nSPS) is 13.6. The number of carbonyl (C=O) groups is 1. The number of H-pyrrole nitrogens is 1. The lowest BCUT2D eigenvalue weighted by molar-refractivity contribution is 0.0524. The minimum Gasteiger partial charge on any atom is -0.462 e. The van der Waals surface area contributed by atoms with Crippen molar-refractivity contribution in [1.82, 2.24) is 14.5 Å². The van der Waals surface area contributed by atoms with E-state index in [0.29, 0.717) is 33.2 Å². The predicted molar refractivity (Wildman–Crippen MR) is 118 cm³/mol. The highest BCUT2D eigenvalue weighted by atomic mass is 19.1. The van der Waals surface area contributed by atoms with Gasteiger partial charge in [0.2, 0.25) is 11.0 Å². The molecule has 32 heavy (non-hydrogen) atoms. The molecule has 0 amide bonds. The number of ether oxygens (including phenoxy) is 1. The van der Waals surface area contributed by atoms with E-state index in [9.17, 15) is 14.4 Å². The Hall–Kier alpha value is -3.81. The number of nitrogens with one attached hydrogen (secondary N) is 1. The van der Waals surface area contributed by atoms with Crippen molar-refractivity contribution < 1.29 is 13.9 Å². The molecule has 0 saturated heterocycles. The van der Waals surface area contributed by atoms with Crippen molar-refractivity contribution >= 4 is 27.9 Å². The molecule has 162 valence electrons. The smallest absolute Gasteiger partial charge is 0.343 e. The number of aromatic amines is 1. The van der Waals surface area contributed by atoms with E-state index in [0.717, 1.165) is 12.8 Å². The third-order valence-electron chi connectivity index (χ3n) is 5.81. The number of pyridine rings is 3. The molecule has 3 heterocycles. The van der Waals surface area contributed by atoms with Crippen LogP contribution < -0.4 is 11.0 Å². The van der Waals surface area contributed by atoms with Crippen LogP contribution in [0, 0.1) is 12.7 Å². The number of carbonyl (C=O) groups excluding carboxylic acids is 1. The van der Waals surface area contributed by atoms with Crippen LogP contribution in [0.4, 0.5) is 4.39 Å². The summed E-state index contributed by atoms with van der Waals surface area (Å²) in [5.74, 6) is -1.29. The topological polar surface area (TPSA) is 94.1 Å². The third kappa shape index (κ3) is 3.19. The molecular formula is C24H20FN3O4. The van der Waals surface area contributed by atoms with Crippen molar-refractivity contribution in [2.45, 2.75) is 32.7 Å². The maximum absolute atomic E-state index is 15.4. The molecule has 4 aromatic rings. The summed E-state index contributed by atoms with van der Waals surface area (Å²) in [6, 6.07) is 6.10. The van der Waals surface area contributed by atoms with Gasteiger partial charge >= 0.3 is 5.97 Å². The maximum Gasteiger partial charge on any atom is 0.343 e. The van der Waals surface area contributed by atoms with E-state index in [4.69, 9.17) is 4.74 Å². The lowest BCUT2D eigenvalue weighted by Crippen LogP contribution is -2.21. The molecule has 1 fully saturated rings. The third-order valence-corrected chi connectivity index (χ3v) is 5.81. The quantitative estimate of drug-likeness (QED) is 0.493. The molecule has 0 atom stereocenters. The number of hydrogen-bond donors (Lipinski definition) is 1. The second-order valence-electron chi connectivity index (χ2n) is 7.97. The molecule has 8 heteroatoms. The number of hydrogen-bond acceptors (Lipinski definition) is 5. The van der Waals surface area contributed by atoms with Crippen LogP contribution in [0.5, 0.6) is 0 Å². The van der Waals surface area contributed by atoms with Crippen LogP contribution in [0.1, 0.15) is 41.7 Å². The van der Waals surface area contributed by atoms with Gasteiger partial charge in [0.1, 0.15) is 17.0 Å². The van der Waals surface area contributed by atoms with Gasteiger partial charge in [-0.3, -0.25) is 9.59 Å². The first-order chi connectivity index (χ1) is 15.4. The molecule has 5 rings (SSSR count). The van der Waals surface area contributed by atoms with Crippen molar-refractivity contribution in [3.63, 3.8) is 0 Å². The highest BCUT2D eigenvalue weighted by Gasteiger charge is 2.29. The summed E-state index contributed by atoms with van der Waals surface area (Å²) in [7, 11) is 0. The Balaban J connectivity index is 1.79. The number of aromatic nitrogens is 3. The summed E-state index contributed by atoms with van der Waals surface area (Å²) in [5, 5.41) is 0.817. The van der Waals surface area contributed by atoms with Gasteiger partial charge in [0.25, 0.3) is 0 Å². The Morgan fingerprint density at radius 2 is 2.06 bits per heavy atom. The standard InChI is InChI=1S/C24H20FN3O4/c1-3-32-24(31)17-11-28(15-5-6-15)21-12(2)20(18(25)9-16(21)22(17)30)14-8-13-4-7-19(29)27-23(13)26-10-14/h4,7-11,15H,3,5-6H2,1-2H3,(H,26,27,29). The van der Waals surface area contributed by atoms with Crippen LogP contribution >= 0.6 is 0 Å². The zero-order valence-corrected chi connectivity index (χ0v) is 17.6.